The van der Waals surface area contributed by atoms with Crippen molar-refractivity contribution < 1.29 is 4.39 Å². The van der Waals surface area contributed by atoms with E-state index < -0.39 is 0 Å². The smallest absolute Gasteiger partial charge is 0.124 e. The summed E-state index contributed by atoms with van der Waals surface area (Å²) in [5, 5.41) is 0.511. The summed E-state index contributed by atoms with van der Waals surface area (Å²) in [5.74, 6) is 0.544. The maximum atomic E-state index is 12.6. The van der Waals surface area contributed by atoms with E-state index in [1.165, 1.54) is 12.1 Å². The second-order valence-electron chi connectivity index (χ2n) is 2.56. The summed E-state index contributed by atoms with van der Waals surface area (Å²) in [6, 6.07) is 4.50. The van der Waals surface area contributed by atoms with E-state index in [2.05, 4.69) is 12.6 Å². The van der Waals surface area contributed by atoms with Crippen LogP contribution in [0.4, 0.5) is 4.39 Å². The fourth-order valence-electron chi connectivity index (χ4n) is 0.994. The molecular formula is C9H10ClFS. The topological polar surface area (TPSA) is 0 Å². The van der Waals surface area contributed by atoms with Crippen LogP contribution >= 0.6 is 24.2 Å². The summed E-state index contributed by atoms with van der Waals surface area (Å²) in [7, 11) is 0. The van der Waals surface area contributed by atoms with Crippen LogP contribution in [0.15, 0.2) is 18.2 Å². The lowest BCUT2D eigenvalue weighted by molar-refractivity contribution is 0.627. The van der Waals surface area contributed by atoms with Crippen LogP contribution in [0.2, 0.25) is 5.02 Å². The first-order valence-corrected chi connectivity index (χ1v) is 4.80. The minimum Gasteiger partial charge on any atom is -0.207 e. The first-order valence-electron chi connectivity index (χ1n) is 3.79. The van der Waals surface area contributed by atoms with Gasteiger partial charge in [-0.05, 0) is 36.3 Å². The lowest BCUT2D eigenvalue weighted by atomic mass is 10.1. The molecule has 0 N–H and O–H groups in total. The molecule has 0 saturated heterocycles. The molecular weight excluding hydrogens is 195 g/mol. The van der Waals surface area contributed by atoms with E-state index in [1.54, 1.807) is 6.07 Å². The SMILES string of the molecule is Fc1ccc(CCCS)c(Cl)c1. The van der Waals surface area contributed by atoms with E-state index in [4.69, 9.17) is 11.6 Å². The predicted molar refractivity (Wildman–Crippen MR) is 53.6 cm³/mol. The summed E-state index contributed by atoms with van der Waals surface area (Å²) in [5.41, 5.74) is 0.993. The van der Waals surface area contributed by atoms with E-state index in [9.17, 15) is 4.39 Å². The average Bonchev–Trinajstić information content (AvgIpc) is 2.03. The molecule has 1 aromatic rings. The van der Waals surface area contributed by atoms with Crippen LogP contribution in [0.5, 0.6) is 0 Å². The van der Waals surface area contributed by atoms with Gasteiger partial charge in [-0.15, -0.1) is 0 Å². The minimum absolute atomic E-state index is 0.283. The van der Waals surface area contributed by atoms with E-state index in [-0.39, 0.29) is 5.82 Å². The Kier molecular flexibility index (Phi) is 3.89. The van der Waals surface area contributed by atoms with E-state index >= 15 is 0 Å². The number of aryl methyl sites for hydroxylation is 1. The number of hydrogen-bond acceptors (Lipinski definition) is 1. The molecule has 1 rings (SSSR count). The molecule has 0 aromatic heterocycles. The number of rotatable bonds is 3. The van der Waals surface area contributed by atoms with Crippen molar-refractivity contribution in [1.82, 2.24) is 0 Å². The van der Waals surface area contributed by atoms with E-state index in [1.807, 2.05) is 0 Å². The Morgan fingerprint density at radius 2 is 2.17 bits per heavy atom. The lowest BCUT2D eigenvalue weighted by Crippen LogP contribution is -1.88. The summed E-state index contributed by atoms with van der Waals surface area (Å²) < 4.78 is 12.6. The molecule has 0 atom stereocenters. The van der Waals surface area contributed by atoms with Gasteiger partial charge in [-0.3, -0.25) is 0 Å². The summed E-state index contributed by atoms with van der Waals surface area (Å²) in [4.78, 5) is 0. The van der Waals surface area contributed by atoms with Crippen LogP contribution in [0.3, 0.4) is 0 Å². The first kappa shape index (κ1) is 9.87. The van der Waals surface area contributed by atoms with Crippen molar-refractivity contribution in [2.75, 3.05) is 5.75 Å². The van der Waals surface area contributed by atoms with Crippen molar-refractivity contribution in [2.45, 2.75) is 12.8 Å². The first-order chi connectivity index (χ1) is 5.74. The van der Waals surface area contributed by atoms with Gasteiger partial charge in [0.05, 0.1) is 0 Å². The Hall–Kier alpha value is -0.210. The molecule has 0 spiro atoms. The number of benzene rings is 1. The molecule has 0 fully saturated rings. The van der Waals surface area contributed by atoms with Crippen LogP contribution in [0.25, 0.3) is 0 Å². The number of hydrogen-bond donors (Lipinski definition) is 1. The fourth-order valence-corrected chi connectivity index (χ4v) is 1.41. The number of thiol groups is 1. The normalized spacial score (nSPS) is 10.2. The zero-order valence-corrected chi connectivity index (χ0v) is 8.21. The third kappa shape index (κ3) is 2.68. The van der Waals surface area contributed by atoms with Crippen molar-refractivity contribution in [3.63, 3.8) is 0 Å². The molecule has 0 saturated carbocycles. The Bertz CT molecular complexity index is 263. The summed E-state index contributed by atoms with van der Waals surface area (Å²) in [6.45, 7) is 0. The van der Waals surface area contributed by atoms with Crippen molar-refractivity contribution in [1.29, 1.82) is 0 Å². The van der Waals surface area contributed by atoms with Gasteiger partial charge in [0.15, 0.2) is 0 Å². The average molecular weight is 205 g/mol. The zero-order valence-electron chi connectivity index (χ0n) is 6.56. The van der Waals surface area contributed by atoms with Gasteiger partial charge >= 0.3 is 0 Å². The van der Waals surface area contributed by atoms with Gasteiger partial charge < -0.3 is 0 Å². The van der Waals surface area contributed by atoms with Crippen LogP contribution in [-0.4, -0.2) is 5.75 Å². The highest BCUT2D eigenvalue weighted by Crippen LogP contribution is 2.18. The van der Waals surface area contributed by atoms with Crippen LogP contribution in [-0.2, 0) is 6.42 Å². The monoisotopic (exact) mass is 204 g/mol. The largest absolute Gasteiger partial charge is 0.207 e. The molecule has 0 aliphatic carbocycles. The Labute approximate surface area is 82.2 Å². The molecule has 3 heteroatoms. The molecule has 0 bridgehead atoms. The predicted octanol–water partition coefficient (Wildman–Crippen LogP) is 3.34. The van der Waals surface area contributed by atoms with Crippen LogP contribution in [0, 0.1) is 5.82 Å². The Morgan fingerprint density at radius 3 is 2.75 bits per heavy atom. The molecule has 0 radical (unpaired) electrons. The molecule has 1 aromatic carbocycles. The highest BCUT2D eigenvalue weighted by Gasteiger charge is 2.00. The highest BCUT2D eigenvalue weighted by atomic mass is 35.5. The third-order valence-corrected chi connectivity index (χ3v) is 2.29. The molecule has 0 nitrogen and oxygen atoms in total. The van der Waals surface area contributed by atoms with Crippen LogP contribution in [0.1, 0.15) is 12.0 Å². The van der Waals surface area contributed by atoms with E-state index in [0.717, 1.165) is 24.2 Å². The van der Waals surface area contributed by atoms with Gasteiger partial charge in [-0.25, -0.2) is 4.39 Å². The maximum absolute atomic E-state index is 12.6. The van der Waals surface area contributed by atoms with Crippen LogP contribution < -0.4 is 0 Å². The molecule has 0 amide bonds. The van der Waals surface area contributed by atoms with Gasteiger partial charge in [-0.1, -0.05) is 17.7 Å². The quantitative estimate of drug-likeness (QED) is 0.718. The maximum Gasteiger partial charge on any atom is 0.124 e. The highest BCUT2D eigenvalue weighted by molar-refractivity contribution is 7.80. The van der Waals surface area contributed by atoms with E-state index in [0.29, 0.717) is 5.02 Å². The van der Waals surface area contributed by atoms with Crippen molar-refractivity contribution in [2.24, 2.45) is 0 Å². The second-order valence-corrected chi connectivity index (χ2v) is 3.42. The van der Waals surface area contributed by atoms with Gasteiger partial charge in [0.25, 0.3) is 0 Å². The summed E-state index contributed by atoms with van der Waals surface area (Å²) in [6.07, 6.45) is 1.83. The molecule has 0 aliphatic heterocycles. The minimum atomic E-state index is -0.283. The Morgan fingerprint density at radius 1 is 1.42 bits per heavy atom. The standard InChI is InChI=1S/C9H10ClFS/c10-9-6-8(11)4-3-7(9)2-1-5-12/h3-4,6,12H,1-2,5H2. The van der Waals surface area contributed by atoms with Gasteiger partial charge in [0.2, 0.25) is 0 Å². The Balaban J connectivity index is 2.72. The third-order valence-electron chi connectivity index (χ3n) is 1.62. The second kappa shape index (κ2) is 4.73. The number of halogens is 2. The van der Waals surface area contributed by atoms with Crippen molar-refractivity contribution >= 4 is 24.2 Å². The van der Waals surface area contributed by atoms with Gasteiger partial charge in [-0.2, -0.15) is 12.6 Å². The molecule has 0 heterocycles. The molecule has 12 heavy (non-hydrogen) atoms. The van der Waals surface area contributed by atoms with Crippen molar-refractivity contribution in [3.8, 4) is 0 Å². The molecule has 0 aliphatic rings. The van der Waals surface area contributed by atoms with Crippen molar-refractivity contribution in [3.05, 3.63) is 34.6 Å². The fraction of sp³-hybridized carbons (Fsp3) is 0.333. The zero-order chi connectivity index (χ0) is 8.97. The summed E-state index contributed by atoms with van der Waals surface area (Å²) >= 11 is 9.89. The molecule has 0 unspecified atom stereocenters. The molecule has 66 valence electrons. The lowest BCUT2D eigenvalue weighted by Gasteiger charge is -2.01. The van der Waals surface area contributed by atoms with Gasteiger partial charge in [0.1, 0.15) is 5.82 Å². The van der Waals surface area contributed by atoms with Gasteiger partial charge in [0, 0.05) is 5.02 Å².